The number of hydrogen-bond acceptors (Lipinski definition) is 6. The van der Waals surface area contributed by atoms with Gasteiger partial charge in [-0.15, -0.1) is 0 Å². The van der Waals surface area contributed by atoms with Crippen molar-refractivity contribution in [3.63, 3.8) is 0 Å². The molecule has 192 valence electrons. The largest absolute Gasteiger partial charge is 0.497 e. The maximum absolute atomic E-state index is 13.2. The van der Waals surface area contributed by atoms with Gasteiger partial charge in [-0.05, 0) is 73.5 Å². The van der Waals surface area contributed by atoms with Gasteiger partial charge in [0.25, 0.3) is 5.91 Å². The summed E-state index contributed by atoms with van der Waals surface area (Å²) in [7, 11) is -2.06. The average molecular weight is 521 g/mol. The molecule has 0 atom stereocenters. The van der Waals surface area contributed by atoms with Crippen LogP contribution in [0.2, 0.25) is 0 Å². The Kier molecular flexibility index (Phi) is 7.11. The van der Waals surface area contributed by atoms with Gasteiger partial charge in [0.05, 0.1) is 23.0 Å². The number of hydrogen-bond donors (Lipinski definition) is 2. The first kappa shape index (κ1) is 24.8. The van der Waals surface area contributed by atoms with Crippen molar-refractivity contribution in [2.45, 2.75) is 23.7 Å². The van der Waals surface area contributed by atoms with E-state index in [1.165, 1.54) is 16.4 Å². The van der Waals surface area contributed by atoms with Gasteiger partial charge in [0.1, 0.15) is 17.3 Å². The molecule has 4 aromatic rings. The number of benzene rings is 3. The number of piperidine rings is 1. The molecule has 5 rings (SSSR count). The van der Waals surface area contributed by atoms with E-state index in [1.54, 1.807) is 43.5 Å². The van der Waals surface area contributed by atoms with Crippen LogP contribution in [0.4, 0.5) is 5.69 Å². The van der Waals surface area contributed by atoms with Crippen molar-refractivity contribution in [1.29, 1.82) is 0 Å². The summed E-state index contributed by atoms with van der Waals surface area (Å²) in [6.45, 7) is 0.670. The molecule has 2 heterocycles. The second-order valence-corrected chi connectivity index (χ2v) is 10.8. The number of fused-ring (bicyclic) bond motifs is 1. The molecule has 0 aliphatic carbocycles. The van der Waals surface area contributed by atoms with Gasteiger partial charge in [0.15, 0.2) is 6.61 Å². The molecule has 1 amide bonds. The quantitative estimate of drug-likeness (QED) is 0.361. The molecule has 2 N–H and O–H groups in total. The van der Waals surface area contributed by atoms with Crippen LogP contribution >= 0.6 is 0 Å². The number of imidazole rings is 1. The molecule has 1 fully saturated rings. The monoisotopic (exact) mass is 520 g/mol. The van der Waals surface area contributed by atoms with Gasteiger partial charge in [0.2, 0.25) is 10.0 Å². The number of aromatic amines is 1. The molecule has 0 spiro atoms. The summed E-state index contributed by atoms with van der Waals surface area (Å²) >= 11 is 0. The number of amides is 1. The van der Waals surface area contributed by atoms with Crippen molar-refractivity contribution < 1.29 is 22.7 Å². The third kappa shape index (κ3) is 5.60. The maximum atomic E-state index is 13.2. The van der Waals surface area contributed by atoms with Crippen molar-refractivity contribution in [2.75, 3.05) is 32.1 Å². The second-order valence-electron chi connectivity index (χ2n) is 8.85. The highest BCUT2D eigenvalue weighted by Gasteiger charge is 2.31. The Morgan fingerprint density at radius 3 is 2.35 bits per heavy atom. The van der Waals surface area contributed by atoms with E-state index in [0.29, 0.717) is 43.1 Å². The molecule has 9 nitrogen and oxygen atoms in total. The van der Waals surface area contributed by atoms with E-state index in [1.807, 2.05) is 24.3 Å². The first-order valence-electron chi connectivity index (χ1n) is 12.0. The van der Waals surface area contributed by atoms with Crippen LogP contribution < -0.4 is 14.8 Å². The smallest absolute Gasteiger partial charge is 0.262 e. The van der Waals surface area contributed by atoms with Crippen LogP contribution in [0.15, 0.2) is 77.7 Å². The molecule has 0 saturated carbocycles. The van der Waals surface area contributed by atoms with Gasteiger partial charge < -0.3 is 19.8 Å². The number of carbonyl (C=O) groups excluding carboxylic acids is 1. The van der Waals surface area contributed by atoms with E-state index in [0.717, 1.165) is 16.9 Å². The highest BCUT2D eigenvalue weighted by atomic mass is 32.2. The molecule has 1 aliphatic heterocycles. The Hall–Kier alpha value is -3.89. The predicted octanol–water partition coefficient (Wildman–Crippen LogP) is 4.16. The zero-order valence-corrected chi connectivity index (χ0v) is 21.2. The molecule has 3 aromatic carbocycles. The molecule has 0 bridgehead atoms. The lowest BCUT2D eigenvalue weighted by Crippen LogP contribution is -2.38. The van der Waals surface area contributed by atoms with E-state index >= 15 is 0 Å². The number of rotatable bonds is 8. The number of H-pyrrole nitrogens is 1. The molecule has 1 aliphatic rings. The van der Waals surface area contributed by atoms with Crippen molar-refractivity contribution in [3.8, 4) is 11.5 Å². The SMILES string of the molecule is COc1ccc(OCC(=O)Nc2ccc(S(=O)(=O)N3CCC(c4nc5ccccc5[nH]4)CC3)cc2)cc1. The number of methoxy groups -OCH3 is 1. The predicted molar refractivity (Wildman–Crippen MR) is 140 cm³/mol. The molecular weight excluding hydrogens is 492 g/mol. The lowest BCUT2D eigenvalue weighted by Gasteiger charge is -2.30. The van der Waals surface area contributed by atoms with Crippen LogP contribution in [0.1, 0.15) is 24.6 Å². The Morgan fingerprint density at radius 2 is 1.68 bits per heavy atom. The van der Waals surface area contributed by atoms with Gasteiger partial charge in [-0.3, -0.25) is 4.79 Å². The minimum Gasteiger partial charge on any atom is -0.497 e. The fourth-order valence-electron chi connectivity index (χ4n) is 4.41. The van der Waals surface area contributed by atoms with Crippen LogP contribution in [0.3, 0.4) is 0 Å². The number of anilines is 1. The number of carbonyl (C=O) groups is 1. The molecule has 37 heavy (non-hydrogen) atoms. The fraction of sp³-hybridized carbons (Fsp3) is 0.259. The summed E-state index contributed by atoms with van der Waals surface area (Å²) in [5.41, 5.74) is 2.41. The molecular formula is C27H28N4O5S. The van der Waals surface area contributed by atoms with E-state index in [9.17, 15) is 13.2 Å². The number of ether oxygens (including phenoxy) is 2. The number of para-hydroxylation sites is 2. The van der Waals surface area contributed by atoms with Crippen LogP contribution in [-0.4, -0.2) is 55.4 Å². The summed E-state index contributed by atoms with van der Waals surface area (Å²) < 4.78 is 38.5. The highest BCUT2D eigenvalue weighted by Crippen LogP contribution is 2.30. The third-order valence-electron chi connectivity index (χ3n) is 6.45. The fourth-order valence-corrected chi connectivity index (χ4v) is 5.88. The van der Waals surface area contributed by atoms with E-state index < -0.39 is 10.0 Å². The zero-order chi connectivity index (χ0) is 25.8. The van der Waals surface area contributed by atoms with Gasteiger partial charge >= 0.3 is 0 Å². The van der Waals surface area contributed by atoms with Gasteiger partial charge in [-0.2, -0.15) is 4.31 Å². The van der Waals surface area contributed by atoms with Crippen LogP contribution in [-0.2, 0) is 14.8 Å². The average Bonchev–Trinajstić information content (AvgIpc) is 3.37. The number of aromatic nitrogens is 2. The van der Waals surface area contributed by atoms with Crippen molar-refractivity contribution in [1.82, 2.24) is 14.3 Å². The number of sulfonamides is 1. The van der Waals surface area contributed by atoms with Crippen molar-refractivity contribution in [3.05, 3.63) is 78.6 Å². The third-order valence-corrected chi connectivity index (χ3v) is 8.37. The molecule has 1 saturated heterocycles. The molecule has 1 aromatic heterocycles. The molecule has 10 heteroatoms. The summed E-state index contributed by atoms with van der Waals surface area (Å²) in [6, 6.07) is 21.0. The first-order valence-corrected chi connectivity index (χ1v) is 13.5. The summed E-state index contributed by atoms with van der Waals surface area (Å²) in [4.78, 5) is 20.5. The van der Waals surface area contributed by atoms with Gasteiger partial charge in [-0.25, -0.2) is 13.4 Å². The Morgan fingerprint density at radius 1 is 1.00 bits per heavy atom. The standard InChI is InChI=1S/C27H28N4O5S/c1-35-21-8-10-22(11-9-21)36-18-26(32)28-20-6-12-23(13-7-20)37(33,34)31-16-14-19(15-17-31)27-29-24-4-2-3-5-25(24)30-27/h2-13,19H,14-18H2,1H3,(H,28,32)(H,29,30). The highest BCUT2D eigenvalue weighted by molar-refractivity contribution is 7.89. The minimum absolute atomic E-state index is 0.174. The number of nitrogens with one attached hydrogen (secondary N) is 2. The van der Waals surface area contributed by atoms with E-state index in [-0.39, 0.29) is 23.3 Å². The van der Waals surface area contributed by atoms with Crippen LogP contribution in [0, 0.1) is 0 Å². The zero-order valence-electron chi connectivity index (χ0n) is 20.4. The van der Waals surface area contributed by atoms with Crippen molar-refractivity contribution >= 4 is 32.7 Å². The van der Waals surface area contributed by atoms with E-state index in [2.05, 4.69) is 15.3 Å². The summed E-state index contributed by atoms with van der Waals surface area (Å²) in [5.74, 6) is 1.99. The van der Waals surface area contributed by atoms with Crippen LogP contribution in [0.25, 0.3) is 11.0 Å². The summed E-state index contributed by atoms with van der Waals surface area (Å²) in [6.07, 6.45) is 1.39. The topological polar surface area (TPSA) is 114 Å². The van der Waals surface area contributed by atoms with Gasteiger partial charge in [0, 0.05) is 24.7 Å². The lowest BCUT2D eigenvalue weighted by molar-refractivity contribution is -0.118. The Balaban J connectivity index is 1.15. The maximum Gasteiger partial charge on any atom is 0.262 e. The van der Waals surface area contributed by atoms with Gasteiger partial charge in [-0.1, -0.05) is 12.1 Å². The first-order chi connectivity index (χ1) is 17.9. The second kappa shape index (κ2) is 10.6. The summed E-state index contributed by atoms with van der Waals surface area (Å²) in [5, 5.41) is 2.72. The Bertz CT molecular complexity index is 1440. The Labute approximate surface area is 215 Å². The lowest BCUT2D eigenvalue weighted by atomic mass is 9.97. The molecule has 0 radical (unpaired) electrons. The van der Waals surface area contributed by atoms with E-state index in [4.69, 9.17) is 9.47 Å². The molecule has 0 unspecified atom stereocenters. The normalized spacial score (nSPS) is 14.9. The van der Waals surface area contributed by atoms with Crippen molar-refractivity contribution in [2.24, 2.45) is 0 Å². The van der Waals surface area contributed by atoms with Crippen LogP contribution in [0.5, 0.6) is 11.5 Å². The minimum atomic E-state index is -3.63. The number of nitrogens with zero attached hydrogens (tertiary/aromatic N) is 2.